The van der Waals surface area contributed by atoms with Gasteiger partial charge >= 0.3 is 0 Å². The molecule has 1 aromatic carbocycles. The van der Waals surface area contributed by atoms with Crippen molar-refractivity contribution in [2.75, 3.05) is 10.6 Å². The first-order chi connectivity index (χ1) is 6.72. The van der Waals surface area contributed by atoms with Crippen molar-refractivity contribution in [2.45, 2.75) is 13.8 Å². The van der Waals surface area contributed by atoms with Crippen molar-refractivity contribution < 1.29 is 0 Å². The van der Waals surface area contributed by atoms with Gasteiger partial charge in [-0.25, -0.2) is 0 Å². The number of hydrogen-bond donors (Lipinski definition) is 2. The molecule has 1 rings (SSSR count). The highest BCUT2D eigenvalue weighted by atomic mass is 14.9. The maximum atomic E-state index is 3.77. The third-order valence-electron chi connectivity index (χ3n) is 1.57. The molecule has 0 saturated carbocycles. The minimum atomic E-state index is 0.930. The standard InChI is InChI=1S/C12H14N2/c1-4-9-13-11-5-7-12(8-6-11)14-10(2)3/h5-8,13-14H,2H2,1,3H3. The molecule has 0 aliphatic rings. The van der Waals surface area contributed by atoms with Crippen molar-refractivity contribution in [3.8, 4) is 12.0 Å². The van der Waals surface area contributed by atoms with E-state index in [2.05, 4.69) is 29.2 Å². The number of allylic oxidation sites excluding steroid dienone is 1. The largest absolute Gasteiger partial charge is 0.360 e. The van der Waals surface area contributed by atoms with Gasteiger partial charge in [-0.15, -0.1) is 0 Å². The molecule has 0 spiro atoms. The summed E-state index contributed by atoms with van der Waals surface area (Å²) >= 11 is 0. The van der Waals surface area contributed by atoms with Gasteiger partial charge in [0.1, 0.15) is 0 Å². The van der Waals surface area contributed by atoms with E-state index in [9.17, 15) is 0 Å². The highest BCUT2D eigenvalue weighted by Crippen LogP contribution is 2.14. The number of nitrogens with one attached hydrogen (secondary N) is 2. The molecule has 0 aliphatic carbocycles. The Kier molecular flexibility index (Phi) is 3.63. The summed E-state index contributed by atoms with van der Waals surface area (Å²) in [5.41, 5.74) is 2.96. The van der Waals surface area contributed by atoms with E-state index in [4.69, 9.17) is 0 Å². The Morgan fingerprint density at radius 3 is 2.29 bits per heavy atom. The summed E-state index contributed by atoms with van der Waals surface area (Å²) in [4.78, 5) is 0. The van der Waals surface area contributed by atoms with Gasteiger partial charge in [-0.3, -0.25) is 0 Å². The van der Waals surface area contributed by atoms with E-state index in [0.717, 1.165) is 17.1 Å². The normalized spacial score (nSPS) is 8.43. The molecular weight excluding hydrogens is 172 g/mol. The molecule has 14 heavy (non-hydrogen) atoms. The molecule has 2 N–H and O–H groups in total. The maximum Gasteiger partial charge on any atom is 0.0460 e. The number of benzene rings is 1. The Morgan fingerprint density at radius 1 is 1.21 bits per heavy atom. The molecule has 2 heteroatoms. The molecule has 2 nitrogen and oxygen atoms in total. The predicted octanol–water partition coefficient (Wildman–Crippen LogP) is 3.02. The van der Waals surface area contributed by atoms with Crippen LogP contribution in [0.2, 0.25) is 0 Å². The zero-order chi connectivity index (χ0) is 10.4. The van der Waals surface area contributed by atoms with Crippen LogP contribution in [-0.2, 0) is 0 Å². The van der Waals surface area contributed by atoms with Gasteiger partial charge in [-0.1, -0.05) is 12.5 Å². The molecule has 0 amide bonds. The second-order valence-corrected chi connectivity index (χ2v) is 2.98. The van der Waals surface area contributed by atoms with Gasteiger partial charge in [0.15, 0.2) is 0 Å². The maximum absolute atomic E-state index is 3.77. The van der Waals surface area contributed by atoms with Gasteiger partial charge in [0.2, 0.25) is 0 Å². The van der Waals surface area contributed by atoms with Crippen LogP contribution in [0.25, 0.3) is 0 Å². The zero-order valence-corrected chi connectivity index (χ0v) is 8.52. The lowest BCUT2D eigenvalue weighted by Gasteiger charge is -2.05. The van der Waals surface area contributed by atoms with Crippen LogP contribution >= 0.6 is 0 Å². The fourth-order valence-electron chi connectivity index (χ4n) is 1.02. The Hall–Kier alpha value is -1.88. The van der Waals surface area contributed by atoms with Gasteiger partial charge < -0.3 is 10.6 Å². The van der Waals surface area contributed by atoms with E-state index in [1.54, 1.807) is 6.92 Å². The van der Waals surface area contributed by atoms with Crippen LogP contribution in [0.4, 0.5) is 11.4 Å². The molecule has 1 aromatic rings. The van der Waals surface area contributed by atoms with E-state index in [-0.39, 0.29) is 0 Å². The van der Waals surface area contributed by atoms with Gasteiger partial charge in [-0.2, -0.15) is 0 Å². The monoisotopic (exact) mass is 186 g/mol. The molecule has 0 aromatic heterocycles. The van der Waals surface area contributed by atoms with Crippen LogP contribution in [0.15, 0.2) is 36.5 Å². The third kappa shape index (κ3) is 3.24. The summed E-state index contributed by atoms with van der Waals surface area (Å²) < 4.78 is 0. The molecule has 0 aliphatic heterocycles. The predicted molar refractivity (Wildman–Crippen MR) is 62.0 cm³/mol. The molecule has 0 unspecified atom stereocenters. The number of rotatable bonds is 3. The van der Waals surface area contributed by atoms with Gasteiger partial charge in [0, 0.05) is 23.1 Å². The molecule has 0 atom stereocenters. The number of hydrogen-bond acceptors (Lipinski definition) is 2. The first kappa shape index (κ1) is 10.2. The smallest absolute Gasteiger partial charge is 0.0460 e. The minimum absolute atomic E-state index is 0.930. The molecule has 0 radical (unpaired) electrons. The van der Waals surface area contributed by atoms with Crippen molar-refractivity contribution in [3.63, 3.8) is 0 Å². The van der Waals surface area contributed by atoms with Crippen LogP contribution in [0, 0.1) is 12.0 Å². The minimum Gasteiger partial charge on any atom is -0.360 e. The van der Waals surface area contributed by atoms with Crippen LogP contribution in [0.3, 0.4) is 0 Å². The number of anilines is 2. The summed E-state index contributed by atoms with van der Waals surface area (Å²) in [6, 6.07) is 10.7. The second kappa shape index (κ2) is 4.98. The highest BCUT2D eigenvalue weighted by molar-refractivity contribution is 5.57. The average Bonchev–Trinajstić information content (AvgIpc) is 2.16. The summed E-state index contributed by atoms with van der Waals surface area (Å²) in [7, 11) is 0. The van der Waals surface area contributed by atoms with E-state index in [1.165, 1.54) is 0 Å². The molecule has 0 saturated heterocycles. The lowest BCUT2D eigenvalue weighted by molar-refractivity contribution is 1.40. The van der Waals surface area contributed by atoms with Crippen molar-refractivity contribution in [1.82, 2.24) is 0 Å². The summed E-state index contributed by atoms with van der Waals surface area (Å²) in [6.07, 6.45) is 0. The molecule has 72 valence electrons. The van der Waals surface area contributed by atoms with Crippen LogP contribution in [-0.4, -0.2) is 0 Å². The van der Waals surface area contributed by atoms with Crippen molar-refractivity contribution in [3.05, 3.63) is 36.5 Å². The van der Waals surface area contributed by atoms with Crippen LogP contribution in [0.1, 0.15) is 13.8 Å². The topological polar surface area (TPSA) is 24.1 Å². The van der Waals surface area contributed by atoms with Crippen molar-refractivity contribution in [1.29, 1.82) is 0 Å². The lowest BCUT2D eigenvalue weighted by Crippen LogP contribution is -1.93. The van der Waals surface area contributed by atoms with Gasteiger partial charge in [0.25, 0.3) is 0 Å². The lowest BCUT2D eigenvalue weighted by atomic mass is 10.3. The van der Waals surface area contributed by atoms with E-state index in [1.807, 2.05) is 31.2 Å². The van der Waals surface area contributed by atoms with Crippen LogP contribution in [0.5, 0.6) is 0 Å². The Bertz CT molecular complexity index is 366. The molecule has 0 heterocycles. The average molecular weight is 186 g/mol. The van der Waals surface area contributed by atoms with Crippen molar-refractivity contribution in [2.24, 2.45) is 0 Å². The van der Waals surface area contributed by atoms with E-state index >= 15 is 0 Å². The van der Waals surface area contributed by atoms with E-state index in [0.29, 0.717) is 0 Å². The molecule has 0 bridgehead atoms. The summed E-state index contributed by atoms with van der Waals surface area (Å²) in [6.45, 7) is 7.49. The summed E-state index contributed by atoms with van der Waals surface area (Å²) in [5, 5.41) is 6.09. The Balaban J connectivity index is 2.66. The first-order valence-electron chi connectivity index (χ1n) is 4.42. The fourth-order valence-corrected chi connectivity index (χ4v) is 1.02. The van der Waals surface area contributed by atoms with Crippen molar-refractivity contribution >= 4 is 11.4 Å². The zero-order valence-electron chi connectivity index (χ0n) is 8.52. The fraction of sp³-hybridized carbons (Fsp3) is 0.167. The summed E-state index contributed by atoms with van der Waals surface area (Å²) in [5.74, 6) is 2.77. The third-order valence-corrected chi connectivity index (χ3v) is 1.57. The Labute approximate surface area is 85.0 Å². The van der Waals surface area contributed by atoms with Gasteiger partial charge in [-0.05, 0) is 38.1 Å². The molecular formula is C12H14N2. The quantitative estimate of drug-likeness (QED) is 0.560. The van der Waals surface area contributed by atoms with Crippen LogP contribution < -0.4 is 10.6 Å². The van der Waals surface area contributed by atoms with Gasteiger partial charge in [0.05, 0.1) is 0 Å². The van der Waals surface area contributed by atoms with E-state index < -0.39 is 0 Å². The molecule has 0 fully saturated rings. The second-order valence-electron chi connectivity index (χ2n) is 2.98. The first-order valence-corrected chi connectivity index (χ1v) is 4.42. The Morgan fingerprint density at radius 2 is 1.79 bits per heavy atom. The SMILES string of the molecule is C=C(C)Nc1ccc(NC#CC)cc1. The highest BCUT2D eigenvalue weighted by Gasteiger charge is 1.91.